The number of phenolic OH excluding ortho intramolecular Hbond substituents is 1. The number of fused-ring (bicyclic) bond motifs is 1. The van der Waals surface area contributed by atoms with Gasteiger partial charge in [0.2, 0.25) is 0 Å². The van der Waals surface area contributed by atoms with E-state index in [1.54, 1.807) is 18.2 Å². The zero-order valence-corrected chi connectivity index (χ0v) is 21.8. The minimum Gasteiger partial charge on any atom is -0.508 e. The molecule has 0 radical (unpaired) electrons. The topological polar surface area (TPSA) is 41.9 Å². The molecule has 4 nitrogen and oxygen atoms in total. The Balaban J connectivity index is 0.00000387. The summed E-state index contributed by atoms with van der Waals surface area (Å²) >= 11 is 0. The van der Waals surface area contributed by atoms with Crippen LogP contribution < -0.4 is 9.47 Å². The predicted octanol–water partition coefficient (Wildman–Crippen LogP) is 8.02. The summed E-state index contributed by atoms with van der Waals surface area (Å²) in [6.07, 6.45) is 3.11. The average molecular weight is 576 g/mol. The molecular formula is C32H34F5NO3. The molecule has 41 heavy (non-hydrogen) atoms. The maximum absolute atomic E-state index is 14.8. The molecule has 1 fully saturated rings. The zero-order chi connectivity index (χ0) is 28.2. The predicted molar refractivity (Wildman–Crippen MR) is 149 cm³/mol. The van der Waals surface area contributed by atoms with E-state index in [1.165, 1.54) is 0 Å². The van der Waals surface area contributed by atoms with Crippen molar-refractivity contribution in [3.05, 3.63) is 88.5 Å². The van der Waals surface area contributed by atoms with Crippen LogP contribution in [0, 0.1) is 11.6 Å². The molecular weight excluding hydrogens is 541 g/mol. The van der Waals surface area contributed by atoms with Crippen LogP contribution in [0.2, 0.25) is 0 Å². The van der Waals surface area contributed by atoms with E-state index in [4.69, 9.17) is 4.74 Å². The van der Waals surface area contributed by atoms with Crippen LogP contribution in [0.4, 0.5) is 22.0 Å². The number of benzene rings is 3. The van der Waals surface area contributed by atoms with E-state index >= 15 is 0 Å². The van der Waals surface area contributed by atoms with Crippen molar-refractivity contribution in [1.82, 2.24) is 4.90 Å². The van der Waals surface area contributed by atoms with Crippen LogP contribution in [-0.2, 0) is 6.42 Å². The lowest BCUT2D eigenvalue weighted by Crippen LogP contribution is -2.26. The molecule has 0 aromatic heterocycles. The van der Waals surface area contributed by atoms with Crippen molar-refractivity contribution in [3.63, 3.8) is 0 Å². The zero-order valence-electron chi connectivity index (χ0n) is 21.8. The highest BCUT2D eigenvalue weighted by Crippen LogP contribution is 2.42. The highest BCUT2D eigenvalue weighted by Gasteiger charge is 2.25. The largest absolute Gasteiger partial charge is 0.508 e. The minimum atomic E-state index is -3.36. The fourth-order valence-electron chi connectivity index (χ4n) is 5.60. The molecule has 1 heterocycles. The number of alkyl halides is 3. The summed E-state index contributed by atoms with van der Waals surface area (Å²) < 4.78 is 77.6. The number of hydrogen-bond donors (Lipinski definition) is 1. The van der Waals surface area contributed by atoms with E-state index in [-0.39, 0.29) is 31.5 Å². The molecule has 0 bridgehead atoms. The summed E-state index contributed by atoms with van der Waals surface area (Å²) in [5.74, 6) is -2.74. The maximum Gasteiger partial charge on any atom is 0.387 e. The van der Waals surface area contributed by atoms with Crippen LogP contribution in [0.3, 0.4) is 0 Å². The fourth-order valence-corrected chi connectivity index (χ4v) is 5.60. The average Bonchev–Trinajstić information content (AvgIpc) is 3.28. The lowest BCUT2D eigenvalue weighted by molar-refractivity contribution is -0.0546. The van der Waals surface area contributed by atoms with Gasteiger partial charge in [0.05, 0.1) is 6.67 Å². The van der Waals surface area contributed by atoms with Crippen LogP contribution in [0.5, 0.6) is 17.2 Å². The first-order valence-corrected chi connectivity index (χ1v) is 13.4. The molecule has 1 N–H and O–H groups in total. The monoisotopic (exact) mass is 575 g/mol. The van der Waals surface area contributed by atoms with E-state index in [0.717, 1.165) is 53.9 Å². The Morgan fingerprint density at radius 2 is 1.68 bits per heavy atom. The van der Waals surface area contributed by atoms with Gasteiger partial charge in [0, 0.05) is 19.6 Å². The van der Waals surface area contributed by atoms with Gasteiger partial charge < -0.3 is 14.6 Å². The number of hydrogen-bond acceptors (Lipinski definition) is 4. The summed E-state index contributed by atoms with van der Waals surface area (Å²) in [7, 11) is 0. The molecule has 1 atom stereocenters. The van der Waals surface area contributed by atoms with Gasteiger partial charge in [-0.05, 0) is 102 Å². The van der Waals surface area contributed by atoms with E-state index < -0.39 is 24.0 Å². The molecule has 0 spiro atoms. The summed E-state index contributed by atoms with van der Waals surface area (Å²) in [5, 5.41) is 10.1. The number of halogens is 5. The quantitative estimate of drug-likeness (QED) is 0.263. The third-order valence-electron chi connectivity index (χ3n) is 7.37. The van der Waals surface area contributed by atoms with Crippen LogP contribution in [0.1, 0.15) is 55.4 Å². The number of rotatable bonds is 9. The normalized spacial score (nSPS) is 17.3. The Morgan fingerprint density at radius 1 is 0.951 bits per heavy atom. The number of ether oxygens (including phenoxy) is 2. The van der Waals surface area contributed by atoms with Crippen molar-refractivity contribution < 1.29 is 36.5 Å². The van der Waals surface area contributed by atoms with Crippen LogP contribution >= 0.6 is 0 Å². The van der Waals surface area contributed by atoms with Crippen LogP contribution in [0.15, 0.2) is 54.6 Å². The first-order valence-electron chi connectivity index (χ1n) is 13.4. The Hall–Kier alpha value is -3.59. The van der Waals surface area contributed by atoms with Gasteiger partial charge in [0.15, 0.2) is 17.4 Å². The van der Waals surface area contributed by atoms with Crippen molar-refractivity contribution in [2.24, 2.45) is 0 Å². The molecule has 3 aromatic rings. The molecule has 2 aliphatic rings. The Bertz CT molecular complexity index is 1350. The van der Waals surface area contributed by atoms with E-state index in [1.807, 2.05) is 24.3 Å². The van der Waals surface area contributed by atoms with E-state index in [0.29, 0.717) is 43.6 Å². The second-order valence-corrected chi connectivity index (χ2v) is 10.1. The molecule has 1 aliphatic carbocycles. The molecule has 1 aliphatic heterocycles. The first-order chi connectivity index (χ1) is 19.3. The number of likely N-dealkylation sites (tertiary alicyclic amines) is 1. The van der Waals surface area contributed by atoms with Crippen molar-refractivity contribution in [3.8, 4) is 17.2 Å². The number of aryl methyl sites for hydroxylation is 1. The SMILES string of the molecule is C.Oc1ccc2c(c1)CCCC(c1cc(F)c(OC(F)F)c(F)c1)=C2c1ccc(O[C@H]2CCN(CCCF)C2)cc1. The smallest absolute Gasteiger partial charge is 0.387 e. The second kappa shape index (κ2) is 13.4. The summed E-state index contributed by atoms with van der Waals surface area (Å²) in [6, 6.07) is 14.5. The fraction of sp³-hybridized carbons (Fsp3) is 0.375. The van der Waals surface area contributed by atoms with Crippen molar-refractivity contribution >= 4 is 11.1 Å². The molecule has 1 saturated heterocycles. The first kappa shape index (κ1) is 30.4. The molecule has 0 saturated carbocycles. The van der Waals surface area contributed by atoms with E-state index in [2.05, 4.69) is 9.64 Å². The van der Waals surface area contributed by atoms with Crippen LogP contribution in [0.25, 0.3) is 11.1 Å². The van der Waals surface area contributed by atoms with Crippen molar-refractivity contribution in [2.45, 2.75) is 52.2 Å². The third-order valence-corrected chi connectivity index (χ3v) is 7.37. The van der Waals surface area contributed by atoms with Gasteiger partial charge in [-0.25, -0.2) is 8.78 Å². The highest BCUT2D eigenvalue weighted by molar-refractivity contribution is 6.00. The summed E-state index contributed by atoms with van der Waals surface area (Å²) in [5.41, 5.74) is 4.10. The van der Waals surface area contributed by atoms with Crippen molar-refractivity contribution in [2.75, 3.05) is 26.3 Å². The lowest BCUT2D eigenvalue weighted by atomic mass is 9.87. The van der Waals surface area contributed by atoms with Gasteiger partial charge in [0.25, 0.3) is 0 Å². The van der Waals surface area contributed by atoms with E-state index in [9.17, 15) is 27.1 Å². The molecule has 3 aromatic carbocycles. The number of aromatic hydroxyl groups is 1. The molecule has 9 heteroatoms. The minimum absolute atomic E-state index is 0. The van der Waals surface area contributed by atoms with Crippen LogP contribution in [-0.4, -0.2) is 49.0 Å². The molecule has 5 rings (SSSR count). The maximum atomic E-state index is 14.8. The summed E-state index contributed by atoms with van der Waals surface area (Å²) in [6.45, 7) is -1.40. The van der Waals surface area contributed by atoms with Gasteiger partial charge in [-0.15, -0.1) is 0 Å². The van der Waals surface area contributed by atoms with Gasteiger partial charge in [0.1, 0.15) is 17.6 Å². The second-order valence-electron chi connectivity index (χ2n) is 10.1. The van der Waals surface area contributed by atoms with Gasteiger partial charge in [-0.1, -0.05) is 25.6 Å². The van der Waals surface area contributed by atoms with Gasteiger partial charge in [-0.2, -0.15) is 8.78 Å². The molecule has 0 unspecified atom stereocenters. The lowest BCUT2D eigenvalue weighted by Gasteiger charge is -2.19. The third kappa shape index (κ3) is 7.01. The Labute approximate surface area is 237 Å². The van der Waals surface area contributed by atoms with Gasteiger partial charge >= 0.3 is 6.61 Å². The molecule has 0 amide bonds. The summed E-state index contributed by atoms with van der Waals surface area (Å²) in [4.78, 5) is 2.18. The highest BCUT2D eigenvalue weighted by atomic mass is 19.3. The Morgan fingerprint density at radius 3 is 2.37 bits per heavy atom. The number of nitrogens with zero attached hydrogens (tertiary/aromatic N) is 1. The molecule has 220 valence electrons. The number of allylic oxidation sites excluding steroid dienone is 1. The van der Waals surface area contributed by atoms with Crippen molar-refractivity contribution in [1.29, 1.82) is 0 Å². The Kier molecular flexibility index (Phi) is 9.91. The standard InChI is InChI=1S/C31H30F5NO3.CH4/c32-12-2-13-37-14-11-24(18-37)39-23-8-5-19(6-9-23)29-25(4-1-3-20-15-22(38)7-10-26(20)29)21-16-27(33)30(28(34)17-21)40-31(35)36;/h5-10,15-17,24,31,38H,1-4,11-14,18H2;1H4/t24-;/m0./s1. The van der Waals surface area contributed by atoms with Gasteiger partial charge in [-0.3, -0.25) is 9.29 Å². The number of phenols is 1.